The molecule has 0 saturated heterocycles. The van der Waals surface area contributed by atoms with Crippen molar-refractivity contribution < 1.29 is 32.6 Å². The molecule has 1 aromatic carbocycles. The molecule has 5 nitrogen and oxygen atoms in total. The smallest absolute Gasteiger partial charge is 0.404 e. The molecule has 1 rings (SSSR count). The Morgan fingerprint density at radius 3 is 2.25 bits per heavy atom. The van der Waals surface area contributed by atoms with Gasteiger partial charge in [-0.3, -0.25) is 4.79 Å². The van der Waals surface area contributed by atoms with Crippen LogP contribution in [0.2, 0.25) is 0 Å². The van der Waals surface area contributed by atoms with Crippen molar-refractivity contribution in [3.63, 3.8) is 0 Å². The van der Waals surface area contributed by atoms with Crippen LogP contribution in [0.25, 0.3) is 0 Å². The molecule has 110 valence electrons. The van der Waals surface area contributed by atoms with Gasteiger partial charge in [-0.05, 0) is 25.1 Å². The van der Waals surface area contributed by atoms with Crippen molar-refractivity contribution >= 4 is 11.8 Å². The van der Waals surface area contributed by atoms with E-state index in [2.05, 4.69) is 4.74 Å². The topological polar surface area (TPSA) is 61.8 Å². The van der Waals surface area contributed by atoms with Gasteiger partial charge in [-0.2, -0.15) is 8.78 Å². The molecule has 0 unspecified atom stereocenters. The van der Waals surface area contributed by atoms with Crippen LogP contribution in [-0.4, -0.2) is 38.5 Å². The van der Waals surface area contributed by atoms with Crippen LogP contribution in [0.3, 0.4) is 0 Å². The molecule has 0 saturated carbocycles. The molecule has 0 spiro atoms. The number of ether oxygens (including phenoxy) is 3. The van der Waals surface area contributed by atoms with Gasteiger partial charge in [0.2, 0.25) is 5.78 Å². The second-order valence-electron chi connectivity index (χ2n) is 3.69. The zero-order valence-electron chi connectivity index (χ0n) is 11.2. The maximum atomic E-state index is 13.6. The summed E-state index contributed by atoms with van der Waals surface area (Å²) in [5.41, 5.74) is -0.374. The van der Waals surface area contributed by atoms with Gasteiger partial charge in [0.25, 0.3) is 0 Å². The highest BCUT2D eigenvalue weighted by Gasteiger charge is 2.49. The lowest BCUT2D eigenvalue weighted by Gasteiger charge is -2.14. The Hall–Kier alpha value is -2.18. The molecule has 0 aliphatic heterocycles. The highest BCUT2D eigenvalue weighted by atomic mass is 19.3. The van der Waals surface area contributed by atoms with Crippen LogP contribution >= 0.6 is 0 Å². The molecule has 0 radical (unpaired) electrons. The number of alkyl halides is 2. The van der Waals surface area contributed by atoms with E-state index in [0.717, 1.165) is 12.1 Å². The van der Waals surface area contributed by atoms with Gasteiger partial charge in [0.1, 0.15) is 0 Å². The first kappa shape index (κ1) is 15.9. The number of hydrogen-bond acceptors (Lipinski definition) is 5. The van der Waals surface area contributed by atoms with Gasteiger partial charge >= 0.3 is 11.9 Å². The number of rotatable bonds is 6. The van der Waals surface area contributed by atoms with E-state index in [0.29, 0.717) is 0 Å². The molecule has 0 aliphatic carbocycles. The van der Waals surface area contributed by atoms with Crippen molar-refractivity contribution in [3.8, 4) is 11.5 Å². The van der Waals surface area contributed by atoms with E-state index in [-0.39, 0.29) is 23.7 Å². The second kappa shape index (κ2) is 6.31. The third kappa shape index (κ3) is 3.04. The lowest BCUT2D eigenvalue weighted by Crippen LogP contribution is -2.39. The summed E-state index contributed by atoms with van der Waals surface area (Å²) in [5, 5.41) is 0. The van der Waals surface area contributed by atoms with Gasteiger partial charge in [0.15, 0.2) is 11.5 Å². The molecule has 1 aromatic rings. The summed E-state index contributed by atoms with van der Waals surface area (Å²) in [6, 6.07) is 3.50. The Labute approximate surface area is 114 Å². The van der Waals surface area contributed by atoms with Crippen LogP contribution in [0.15, 0.2) is 18.2 Å². The normalized spacial score (nSPS) is 10.8. The van der Waals surface area contributed by atoms with Crippen molar-refractivity contribution in [2.75, 3.05) is 20.8 Å². The summed E-state index contributed by atoms with van der Waals surface area (Å²) in [7, 11) is 2.67. The number of benzene rings is 1. The Bertz CT molecular complexity index is 513. The number of hydrogen-bond donors (Lipinski definition) is 0. The largest absolute Gasteiger partial charge is 0.493 e. The van der Waals surface area contributed by atoms with E-state index in [1.807, 2.05) is 0 Å². The standard InChI is InChI=1S/C13H14F2O5/c1-4-20-12(17)13(14,15)11(16)8-5-6-9(18-2)10(7-8)19-3/h5-7H,4H2,1-3H3. The maximum absolute atomic E-state index is 13.6. The summed E-state index contributed by atoms with van der Waals surface area (Å²) in [4.78, 5) is 22.8. The first-order valence-corrected chi connectivity index (χ1v) is 5.70. The molecule has 0 aliphatic rings. The highest BCUT2D eigenvalue weighted by Crippen LogP contribution is 2.30. The molecule has 0 N–H and O–H groups in total. The number of carbonyl (C=O) groups excluding carboxylic acids is 2. The average Bonchev–Trinajstić information content (AvgIpc) is 2.45. The number of carbonyl (C=O) groups is 2. The maximum Gasteiger partial charge on any atom is 0.404 e. The molecule has 7 heteroatoms. The van der Waals surface area contributed by atoms with E-state index in [1.165, 1.54) is 27.2 Å². The van der Waals surface area contributed by atoms with Crippen LogP contribution in [0.5, 0.6) is 11.5 Å². The van der Waals surface area contributed by atoms with E-state index in [9.17, 15) is 18.4 Å². The number of methoxy groups -OCH3 is 2. The summed E-state index contributed by atoms with van der Waals surface area (Å²) in [5.74, 6) is -7.38. The summed E-state index contributed by atoms with van der Waals surface area (Å²) in [6.45, 7) is 1.13. The van der Waals surface area contributed by atoms with E-state index in [4.69, 9.17) is 9.47 Å². The quantitative estimate of drug-likeness (QED) is 0.455. The molecule has 0 aromatic heterocycles. The van der Waals surface area contributed by atoms with Crippen molar-refractivity contribution in [1.82, 2.24) is 0 Å². The average molecular weight is 288 g/mol. The van der Waals surface area contributed by atoms with E-state index in [1.54, 1.807) is 0 Å². The van der Waals surface area contributed by atoms with Crippen molar-refractivity contribution in [1.29, 1.82) is 0 Å². The minimum Gasteiger partial charge on any atom is -0.493 e. The van der Waals surface area contributed by atoms with E-state index >= 15 is 0 Å². The Morgan fingerprint density at radius 1 is 1.15 bits per heavy atom. The fraction of sp³-hybridized carbons (Fsp3) is 0.385. The second-order valence-corrected chi connectivity index (χ2v) is 3.69. The van der Waals surface area contributed by atoms with Crippen LogP contribution in [0.4, 0.5) is 8.78 Å². The molecule has 0 atom stereocenters. The van der Waals surface area contributed by atoms with Gasteiger partial charge < -0.3 is 14.2 Å². The predicted molar refractivity (Wildman–Crippen MR) is 65.5 cm³/mol. The van der Waals surface area contributed by atoms with Crippen LogP contribution in [-0.2, 0) is 9.53 Å². The van der Waals surface area contributed by atoms with Gasteiger partial charge in [-0.25, -0.2) is 4.79 Å². The van der Waals surface area contributed by atoms with Gasteiger partial charge in [-0.1, -0.05) is 0 Å². The molecule has 0 bridgehead atoms. The summed E-state index contributed by atoms with van der Waals surface area (Å²) < 4.78 is 41.2. The van der Waals surface area contributed by atoms with Crippen molar-refractivity contribution in [3.05, 3.63) is 23.8 Å². The zero-order chi connectivity index (χ0) is 15.3. The molecule has 0 amide bonds. The van der Waals surface area contributed by atoms with Crippen LogP contribution in [0, 0.1) is 0 Å². The number of ketones is 1. The molecule has 0 heterocycles. The fourth-order valence-electron chi connectivity index (χ4n) is 1.47. The summed E-state index contributed by atoms with van der Waals surface area (Å²) in [6.07, 6.45) is 0. The summed E-state index contributed by atoms with van der Waals surface area (Å²) >= 11 is 0. The van der Waals surface area contributed by atoms with Crippen molar-refractivity contribution in [2.24, 2.45) is 0 Å². The highest BCUT2D eigenvalue weighted by molar-refractivity contribution is 6.14. The molecular formula is C13H14F2O5. The Kier molecular flexibility index (Phi) is 5.01. The number of halogens is 2. The fourth-order valence-corrected chi connectivity index (χ4v) is 1.47. The Balaban J connectivity index is 3.11. The van der Waals surface area contributed by atoms with Crippen LogP contribution in [0.1, 0.15) is 17.3 Å². The SMILES string of the molecule is CCOC(=O)C(F)(F)C(=O)c1ccc(OC)c(OC)c1. The van der Waals surface area contributed by atoms with Crippen LogP contribution < -0.4 is 9.47 Å². The van der Waals surface area contributed by atoms with Crippen molar-refractivity contribution in [2.45, 2.75) is 12.8 Å². The number of Topliss-reactive ketones (excluding diaryl/α,β-unsaturated/α-hetero) is 1. The van der Waals surface area contributed by atoms with Gasteiger partial charge in [-0.15, -0.1) is 0 Å². The first-order valence-electron chi connectivity index (χ1n) is 5.70. The zero-order valence-corrected chi connectivity index (χ0v) is 11.2. The molecular weight excluding hydrogens is 274 g/mol. The predicted octanol–water partition coefficient (Wildman–Crippen LogP) is 2.08. The third-order valence-corrected chi connectivity index (χ3v) is 2.46. The minimum atomic E-state index is -4.24. The van der Waals surface area contributed by atoms with E-state index < -0.39 is 17.7 Å². The minimum absolute atomic E-state index is 0.109. The van der Waals surface area contributed by atoms with Gasteiger partial charge in [0.05, 0.1) is 20.8 Å². The lowest BCUT2D eigenvalue weighted by atomic mass is 10.0. The first-order chi connectivity index (χ1) is 9.38. The number of esters is 1. The molecule has 0 fully saturated rings. The Morgan fingerprint density at radius 2 is 1.75 bits per heavy atom. The van der Waals surface area contributed by atoms with Gasteiger partial charge in [0, 0.05) is 5.56 Å². The third-order valence-electron chi connectivity index (χ3n) is 2.46. The molecule has 20 heavy (non-hydrogen) atoms. The lowest BCUT2D eigenvalue weighted by molar-refractivity contribution is -0.164. The monoisotopic (exact) mass is 288 g/mol.